The van der Waals surface area contributed by atoms with Gasteiger partial charge in [-0.25, -0.2) is 4.98 Å². The van der Waals surface area contributed by atoms with Gasteiger partial charge in [0.15, 0.2) is 0 Å². The van der Waals surface area contributed by atoms with Gasteiger partial charge in [0.25, 0.3) is 0 Å². The highest BCUT2D eigenvalue weighted by Gasteiger charge is 2.32. The maximum Gasteiger partial charge on any atom is 0.248 e. The fourth-order valence-corrected chi connectivity index (χ4v) is 3.76. The number of carbonyl (C=O) groups is 2. The Morgan fingerprint density at radius 1 is 1.03 bits per heavy atom. The van der Waals surface area contributed by atoms with Crippen LogP contribution in [0.3, 0.4) is 0 Å². The summed E-state index contributed by atoms with van der Waals surface area (Å²) in [4.78, 5) is 35.0. The Hall–Kier alpha value is -2.93. The molecule has 0 unspecified atom stereocenters. The van der Waals surface area contributed by atoms with Crippen LogP contribution in [0.4, 0.5) is 5.82 Å². The first-order valence-electron chi connectivity index (χ1n) is 10.2. The van der Waals surface area contributed by atoms with Crippen molar-refractivity contribution in [2.24, 2.45) is 5.73 Å². The molecule has 0 bridgehead atoms. The van der Waals surface area contributed by atoms with Crippen LogP contribution in [0, 0.1) is 0 Å². The average Bonchev–Trinajstić information content (AvgIpc) is 3.60. The fourth-order valence-electron chi connectivity index (χ4n) is 3.76. The normalized spacial score (nSPS) is 16.9. The van der Waals surface area contributed by atoms with Gasteiger partial charge in [0.05, 0.1) is 6.54 Å². The fraction of sp³-hybridized carbons (Fsp3) is 0.409. The number of nitrogens with two attached hydrogens (primary N) is 1. The Kier molecular flexibility index (Phi) is 5.76. The van der Waals surface area contributed by atoms with Crippen molar-refractivity contribution in [3.8, 4) is 0 Å². The monoisotopic (exact) mass is 393 g/mol. The molecule has 2 aromatic rings. The van der Waals surface area contributed by atoms with E-state index in [-0.39, 0.29) is 5.91 Å². The molecule has 1 saturated carbocycles. The summed E-state index contributed by atoms with van der Waals surface area (Å²) < 4.78 is 0. The zero-order valence-electron chi connectivity index (χ0n) is 16.5. The van der Waals surface area contributed by atoms with E-state index in [0.717, 1.165) is 50.4 Å². The number of primary amides is 1. The molecule has 1 aromatic carbocycles. The van der Waals surface area contributed by atoms with Gasteiger partial charge in [-0.15, -0.1) is 0 Å². The summed E-state index contributed by atoms with van der Waals surface area (Å²) in [6.45, 7) is 4.21. The quantitative estimate of drug-likeness (QED) is 0.771. The van der Waals surface area contributed by atoms with Crippen molar-refractivity contribution in [2.45, 2.75) is 25.4 Å². The van der Waals surface area contributed by atoms with Gasteiger partial charge >= 0.3 is 0 Å². The number of hydrogen-bond donors (Lipinski definition) is 1. The molecule has 152 valence electrons. The molecule has 2 N–H and O–H groups in total. The van der Waals surface area contributed by atoms with Crippen LogP contribution in [-0.4, -0.2) is 65.4 Å². The van der Waals surface area contributed by atoms with Gasteiger partial charge in [0, 0.05) is 50.5 Å². The molecular weight excluding hydrogens is 366 g/mol. The number of pyridine rings is 1. The van der Waals surface area contributed by atoms with Gasteiger partial charge in [-0.1, -0.05) is 18.2 Å². The predicted octanol–water partition coefficient (Wildman–Crippen LogP) is 1.49. The summed E-state index contributed by atoms with van der Waals surface area (Å²) in [7, 11) is 0. The van der Waals surface area contributed by atoms with Crippen LogP contribution in [0.1, 0.15) is 28.8 Å². The lowest BCUT2D eigenvalue weighted by Gasteiger charge is -2.36. The van der Waals surface area contributed by atoms with Crippen molar-refractivity contribution in [3.05, 3.63) is 59.8 Å². The van der Waals surface area contributed by atoms with Crippen LogP contribution >= 0.6 is 0 Å². The van der Waals surface area contributed by atoms with Gasteiger partial charge in [-0.2, -0.15) is 0 Å². The zero-order valence-corrected chi connectivity index (χ0v) is 16.5. The molecule has 0 atom stereocenters. The Labute approximate surface area is 171 Å². The summed E-state index contributed by atoms with van der Waals surface area (Å²) >= 11 is 0. The first kappa shape index (κ1) is 19.4. The number of benzene rings is 1. The van der Waals surface area contributed by atoms with Crippen LogP contribution in [0.5, 0.6) is 0 Å². The summed E-state index contributed by atoms with van der Waals surface area (Å²) in [6, 6.07) is 13.7. The third kappa shape index (κ3) is 4.92. The van der Waals surface area contributed by atoms with Crippen molar-refractivity contribution in [3.63, 3.8) is 0 Å². The molecule has 2 amide bonds. The SMILES string of the molecule is NC(=O)c1ccc(CN(CC(=O)N2CCN(c3ccccn3)CC2)C2CC2)cc1. The molecule has 4 rings (SSSR count). The molecule has 2 heterocycles. The minimum absolute atomic E-state index is 0.186. The molecule has 2 fully saturated rings. The number of rotatable bonds is 7. The van der Waals surface area contributed by atoms with Crippen molar-refractivity contribution < 1.29 is 9.59 Å². The molecular formula is C22H27N5O2. The second kappa shape index (κ2) is 8.61. The molecule has 1 aliphatic heterocycles. The largest absolute Gasteiger partial charge is 0.366 e. The second-order valence-electron chi connectivity index (χ2n) is 7.75. The lowest BCUT2D eigenvalue weighted by Crippen LogP contribution is -2.51. The number of carbonyl (C=O) groups excluding carboxylic acids is 2. The molecule has 1 aliphatic carbocycles. The number of piperazine rings is 1. The summed E-state index contributed by atoms with van der Waals surface area (Å²) in [5.41, 5.74) is 6.91. The highest BCUT2D eigenvalue weighted by Crippen LogP contribution is 2.28. The molecule has 7 nitrogen and oxygen atoms in total. The maximum atomic E-state index is 12.9. The molecule has 2 aliphatic rings. The van der Waals surface area contributed by atoms with Crippen LogP contribution in [0.15, 0.2) is 48.7 Å². The Balaban J connectivity index is 1.32. The summed E-state index contributed by atoms with van der Waals surface area (Å²) in [5.74, 6) is 0.737. The van der Waals surface area contributed by atoms with E-state index in [2.05, 4.69) is 14.8 Å². The lowest BCUT2D eigenvalue weighted by atomic mass is 10.1. The van der Waals surface area contributed by atoms with Crippen molar-refractivity contribution in [1.29, 1.82) is 0 Å². The third-order valence-electron chi connectivity index (χ3n) is 5.63. The number of hydrogen-bond acceptors (Lipinski definition) is 5. The minimum atomic E-state index is -0.421. The molecule has 1 saturated heterocycles. The van der Waals surface area contributed by atoms with Crippen LogP contribution < -0.4 is 10.6 Å². The van der Waals surface area contributed by atoms with Crippen LogP contribution in [0.25, 0.3) is 0 Å². The van der Waals surface area contributed by atoms with Gasteiger partial charge in [-0.05, 0) is 42.7 Å². The third-order valence-corrected chi connectivity index (χ3v) is 5.63. The maximum absolute atomic E-state index is 12.9. The van der Waals surface area contributed by atoms with Gasteiger partial charge in [-0.3, -0.25) is 14.5 Å². The predicted molar refractivity (Wildman–Crippen MR) is 111 cm³/mol. The highest BCUT2D eigenvalue weighted by molar-refractivity contribution is 5.92. The highest BCUT2D eigenvalue weighted by atomic mass is 16.2. The summed E-state index contributed by atoms with van der Waals surface area (Å²) in [6.07, 6.45) is 4.08. The van der Waals surface area contributed by atoms with E-state index in [9.17, 15) is 9.59 Å². The Morgan fingerprint density at radius 3 is 2.34 bits per heavy atom. The number of nitrogens with zero attached hydrogens (tertiary/aromatic N) is 4. The van der Waals surface area contributed by atoms with E-state index in [1.165, 1.54) is 0 Å². The first-order valence-corrected chi connectivity index (χ1v) is 10.2. The van der Waals surface area contributed by atoms with E-state index in [1.807, 2.05) is 35.2 Å². The van der Waals surface area contributed by atoms with Gasteiger partial charge in [0.1, 0.15) is 5.82 Å². The van der Waals surface area contributed by atoms with Gasteiger partial charge in [0.2, 0.25) is 11.8 Å². The topological polar surface area (TPSA) is 82.8 Å². The van der Waals surface area contributed by atoms with Crippen molar-refractivity contribution in [1.82, 2.24) is 14.8 Å². The number of aromatic nitrogens is 1. The molecule has 0 radical (unpaired) electrons. The van der Waals surface area contributed by atoms with Crippen LogP contribution in [-0.2, 0) is 11.3 Å². The smallest absolute Gasteiger partial charge is 0.248 e. The molecule has 0 spiro atoms. The summed E-state index contributed by atoms with van der Waals surface area (Å²) in [5, 5.41) is 0. The Bertz CT molecular complexity index is 843. The molecule has 7 heteroatoms. The van der Waals surface area contributed by atoms with Crippen LogP contribution in [0.2, 0.25) is 0 Å². The van der Waals surface area contributed by atoms with E-state index < -0.39 is 5.91 Å². The number of amides is 2. The van der Waals surface area contributed by atoms with E-state index in [1.54, 1.807) is 18.3 Å². The second-order valence-corrected chi connectivity index (χ2v) is 7.75. The van der Waals surface area contributed by atoms with E-state index >= 15 is 0 Å². The molecule has 29 heavy (non-hydrogen) atoms. The zero-order chi connectivity index (χ0) is 20.2. The van der Waals surface area contributed by atoms with Crippen molar-refractivity contribution >= 4 is 17.6 Å². The number of anilines is 1. The first-order chi connectivity index (χ1) is 14.1. The standard InChI is InChI=1S/C22H27N5O2/c23-22(29)18-6-4-17(5-7-18)15-27(19-8-9-19)16-21(28)26-13-11-25(12-14-26)20-3-1-2-10-24-20/h1-7,10,19H,8-9,11-16H2,(H2,23,29). The Morgan fingerprint density at radius 2 is 1.76 bits per heavy atom. The lowest BCUT2D eigenvalue weighted by molar-refractivity contribution is -0.133. The van der Waals surface area contributed by atoms with E-state index in [4.69, 9.17) is 5.73 Å². The minimum Gasteiger partial charge on any atom is -0.366 e. The average molecular weight is 393 g/mol. The van der Waals surface area contributed by atoms with Gasteiger partial charge < -0.3 is 15.5 Å². The van der Waals surface area contributed by atoms with Crippen molar-refractivity contribution in [2.75, 3.05) is 37.6 Å². The van der Waals surface area contributed by atoms with E-state index in [0.29, 0.717) is 24.7 Å². The molecule has 1 aromatic heterocycles.